The Kier molecular flexibility index (Phi) is 4.55. The summed E-state index contributed by atoms with van der Waals surface area (Å²) in [4.78, 5) is 30.5. The average molecular weight is 372 g/mol. The number of urea groups is 1. The number of nitrogens with one attached hydrogen (secondary N) is 1. The number of amides is 2. The van der Waals surface area contributed by atoms with Crippen LogP contribution >= 0.6 is 0 Å². The summed E-state index contributed by atoms with van der Waals surface area (Å²) in [6, 6.07) is 5.71. The molecule has 0 radical (unpaired) electrons. The number of halogens is 1. The van der Waals surface area contributed by atoms with Crippen molar-refractivity contribution in [1.82, 2.24) is 14.5 Å². The summed E-state index contributed by atoms with van der Waals surface area (Å²) in [6.07, 6.45) is 6.81. The zero-order valence-corrected chi connectivity index (χ0v) is 14.8. The van der Waals surface area contributed by atoms with Crippen molar-refractivity contribution in [1.29, 1.82) is 0 Å². The van der Waals surface area contributed by atoms with Gasteiger partial charge in [0.05, 0.1) is 24.0 Å². The second kappa shape index (κ2) is 7.02. The first-order valence-electron chi connectivity index (χ1n) is 9.03. The van der Waals surface area contributed by atoms with Crippen LogP contribution in [0, 0.1) is 11.2 Å². The van der Waals surface area contributed by atoms with E-state index in [2.05, 4.69) is 10.3 Å². The Balaban J connectivity index is 1.35. The molecule has 1 aromatic carbocycles. The van der Waals surface area contributed by atoms with Crippen molar-refractivity contribution < 1.29 is 18.7 Å². The lowest BCUT2D eigenvalue weighted by atomic mass is 9.76. The molecule has 3 heterocycles. The van der Waals surface area contributed by atoms with E-state index >= 15 is 0 Å². The molecule has 2 amide bonds. The molecule has 0 bridgehead atoms. The number of benzene rings is 1. The molecule has 2 fully saturated rings. The van der Waals surface area contributed by atoms with Gasteiger partial charge in [-0.05, 0) is 25.0 Å². The van der Waals surface area contributed by atoms with E-state index in [1.54, 1.807) is 29.6 Å². The Bertz CT molecular complexity index is 831. The molecule has 1 aromatic heterocycles. The highest BCUT2D eigenvalue weighted by molar-refractivity contribution is 5.89. The Morgan fingerprint density at radius 3 is 2.81 bits per heavy atom. The minimum atomic E-state index is -0.528. The summed E-state index contributed by atoms with van der Waals surface area (Å²) < 4.78 is 21.2. The van der Waals surface area contributed by atoms with Gasteiger partial charge in [0.25, 0.3) is 0 Å². The van der Waals surface area contributed by atoms with Crippen LogP contribution in [0.25, 0.3) is 0 Å². The zero-order valence-electron chi connectivity index (χ0n) is 14.8. The van der Waals surface area contributed by atoms with Gasteiger partial charge >= 0.3 is 12.0 Å². The first kappa shape index (κ1) is 17.5. The number of hydrogen-bond donors (Lipinski definition) is 1. The molecule has 2 saturated heterocycles. The molecule has 142 valence electrons. The molecule has 0 saturated carbocycles. The summed E-state index contributed by atoms with van der Waals surface area (Å²) in [7, 11) is 0. The molecule has 7 nitrogen and oxygen atoms in total. The van der Waals surface area contributed by atoms with Crippen molar-refractivity contribution in [2.24, 2.45) is 5.41 Å². The van der Waals surface area contributed by atoms with Crippen LogP contribution in [0.3, 0.4) is 0 Å². The fourth-order valence-corrected chi connectivity index (χ4v) is 3.87. The molecule has 2 aromatic rings. The third kappa shape index (κ3) is 3.51. The third-order valence-corrected chi connectivity index (χ3v) is 5.42. The maximum Gasteiger partial charge on any atom is 0.321 e. The standard InChI is InChI=1S/C19H21FN4O3/c20-15-3-1-2-4-16(15)22-18(26)24-8-5-19(6-9-24)11-14(27-17(19)25)12-23-10-7-21-13-23/h1-4,7,10,13-14H,5-6,8-9,11-12H2,(H,22,26). The summed E-state index contributed by atoms with van der Waals surface area (Å²) in [5, 5.41) is 2.59. The van der Waals surface area contributed by atoms with E-state index in [0.29, 0.717) is 38.9 Å². The molecule has 8 heteroatoms. The topological polar surface area (TPSA) is 76.5 Å². The van der Waals surface area contributed by atoms with Crippen molar-refractivity contribution in [3.8, 4) is 0 Å². The van der Waals surface area contributed by atoms with Crippen molar-refractivity contribution in [2.75, 3.05) is 18.4 Å². The molecule has 1 atom stereocenters. The largest absolute Gasteiger partial charge is 0.460 e. The number of hydrogen-bond acceptors (Lipinski definition) is 4. The summed E-state index contributed by atoms with van der Waals surface area (Å²) in [5.41, 5.74) is -0.372. The number of carbonyl (C=O) groups is 2. The Labute approximate surface area is 156 Å². The van der Waals surface area contributed by atoms with Crippen LogP contribution < -0.4 is 5.32 Å². The van der Waals surface area contributed by atoms with Gasteiger partial charge in [-0.1, -0.05) is 12.1 Å². The van der Waals surface area contributed by atoms with Gasteiger partial charge in [0.2, 0.25) is 0 Å². The predicted molar refractivity (Wildman–Crippen MR) is 95.4 cm³/mol. The van der Waals surface area contributed by atoms with E-state index in [4.69, 9.17) is 4.74 Å². The number of anilines is 1. The lowest BCUT2D eigenvalue weighted by molar-refractivity contribution is -0.150. The highest BCUT2D eigenvalue weighted by Crippen LogP contribution is 2.43. The van der Waals surface area contributed by atoms with Crippen molar-refractivity contribution in [2.45, 2.75) is 31.9 Å². The molecule has 4 rings (SSSR count). The molecular formula is C19H21FN4O3. The van der Waals surface area contributed by atoms with Gasteiger partial charge in [-0.25, -0.2) is 14.2 Å². The van der Waals surface area contributed by atoms with Crippen LogP contribution in [-0.4, -0.2) is 45.6 Å². The summed E-state index contributed by atoms with van der Waals surface area (Å²) in [6.45, 7) is 1.46. The van der Waals surface area contributed by atoms with Crippen LogP contribution in [0.2, 0.25) is 0 Å². The molecule has 1 unspecified atom stereocenters. The molecule has 2 aliphatic rings. The number of cyclic esters (lactones) is 1. The first-order chi connectivity index (χ1) is 13.1. The van der Waals surface area contributed by atoms with Gasteiger partial charge in [0.1, 0.15) is 11.9 Å². The minimum absolute atomic E-state index is 0.156. The number of likely N-dealkylation sites (tertiary alicyclic amines) is 1. The number of nitrogens with zero attached hydrogens (tertiary/aromatic N) is 3. The molecule has 2 aliphatic heterocycles. The first-order valence-corrected chi connectivity index (χ1v) is 9.03. The number of rotatable bonds is 3. The number of imidazole rings is 1. The summed E-state index contributed by atoms with van der Waals surface area (Å²) in [5.74, 6) is -0.650. The van der Waals surface area contributed by atoms with Gasteiger partial charge in [-0.3, -0.25) is 4.79 Å². The van der Waals surface area contributed by atoms with Crippen molar-refractivity contribution in [3.63, 3.8) is 0 Å². The van der Waals surface area contributed by atoms with Gasteiger partial charge in [0, 0.05) is 31.9 Å². The number of aromatic nitrogens is 2. The number of ether oxygens (including phenoxy) is 1. The maximum absolute atomic E-state index is 13.7. The van der Waals surface area contributed by atoms with Crippen LogP contribution in [-0.2, 0) is 16.1 Å². The van der Waals surface area contributed by atoms with E-state index in [-0.39, 0.29) is 23.8 Å². The fraction of sp³-hybridized carbons (Fsp3) is 0.421. The van der Waals surface area contributed by atoms with E-state index in [0.717, 1.165) is 0 Å². The van der Waals surface area contributed by atoms with Crippen molar-refractivity contribution >= 4 is 17.7 Å². The van der Waals surface area contributed by atoms with Gasteiger partial charge in [0.15, 0.2) is 0 Å². The maximum atomic E-state index is 13.7. The van der Waals surface area contributed by atoms with Gasteiger partial charge in [-0.2, -0.15) is 0 Å². The smallest absolute Gasteiger partial charge is 0.321 e. The van der Waals surface area contributed by atoms with Crippen LogP contribution in [0.1, 0.15) is 19.3 Å². The van der Waals surface area contributed by atoms with Gasteiger partial charge < -0.3 is 19.5 Å². The number of carbonyl (C=O) groups excluding carboxylic acids is 2. The van der Waals surface area contributed by atoms with Gasteiger partial charge in [-0.15, -0.1) is 0 Å². The average Bonchev–Trinajstić information content (AvgIpc) is 3.26. The molecule has 1 spiro atoms. The van der Waals surface area contributed by atoms with E-state index in [1.807, 2.05) is 10.8 Å². The van der Waals surface area contributed by atoms with E-state index < -0.39 is 11.2 Å². The molecule has 1 N–H and O–H groups in total. The second-order valence-corrected chi connectivity index (χ2v) is 7.17. The molecular weight excluding hydrogens is 351 g/mol. The predicted octanol–water partition coefficient (Wildman–Crippen LogP) is 2.65. The highest BCUT2D eigenvalue weighted by Gasteiger charge is 2.50. The molecule has 0 aliphatic carbocycles. The number of esters is 1. The van der Waals surface area contributed by atoms with Crippen LogP contribution in [0.15, 0.2) is 43.0 Å². The van der Waals surface area contributed by atoms with Crippen molar-refractivity contribution in [3.05, 3.63) is 48.8 Å². The number of para-hydroxylation sites is 1. The fourth-order valence-electron chi connectivity index (χ4n) is 3.87. The zero-order chi connectivity index (χ0) is 18.9. The Morgan fingerprint density at radius 1 is 1.33 bits per heavy atom. The third-order valence-electron chi connectivity index (χ3n) is 5.42. The normalized spacial score (nSPS) is 21.3. The SMILES string of the molecule is O=C(Nc1ccccc1F)N1CCC2(CC1)CC(Cn1ccnc1)OC2=O. The minimum Gasteiger partial charge on any atom is -0.460 e. The van der Waals surface area contributed by atoms with Crippen LogP contribution in [0.5, 0.6) is 0 Å². The van der Waals surface area contributed by atoms with Crippen LogP contribution in [0.4, 0.5) is 14.9 Å². The highest BCUT2D eigenvalue weighted by atomic mass is 19.1. The second-order valence-electron chi connectivity index (χ2n) is 7.17. The van der Waals surface area contributed by atoms with E-state index in [9.17, 15) is 14.0 Å². The lowest BCUT2D eigenvalue weighted by Gasteiger charge is -2.36. The monoisotopic (exact) mass is 372 g/mol. The van der Waals surface area contributed by atoms with E-state index in [1.165, 1.54) is 12.1 Å². The Hall–Kier alpha value is -2.90. The number of piperidine rings is 1. The quantitative estimate of drug-likeness (QED) is 0.841. The Morgan fingerprint density at radius 2 is 2.11 bits per heavy atom. The molecule has 27 heavy (non-hydrogen) atoms. The lowest BCUT2D eigenvalue weighted by Crippen LogP contribution is -2.46. The summed E-state index contributed by atoms with van der Waals surface area (Å²) >= 11 is 0.